The first kappa shape index (κ1) is 20.6. The van der Waals surface area contributed by atoms with Crippen molar-refractivity contribution in [2.24, 2.45) is 5.92 Å². The lowest BCUT2D eigenvalue weighted by Crippen LogP contribution is -2.34. The quantitative estimate of drug-likeness (QED) is 0.600. The van der Waals surface area contributed by atoms with Crippen LogP contribution in [0.2, 0.25) is 0 Å². The SMILES string of the molecule is COc1ccc2ncc(S(=O)(=O)c3ccc(C)c(F)c3)c(N3CCC(C)CC3)c2c1. The third-order valence-corrected chi connectivity index (χ3v) is 7.61. The van der Waals surface area contributed by atoms with Gasteiger partial charge in [-0.3, -0.25) is 4.98 Å². The largest absolute Gasteiger partial charge is 0.497 e. The van der Waals surface area contributed by atoms with Gasteiger partial charge < -0.3 is 9.64 Å². The minimum Gasteiger partial charge on any atom is -0.497 e. The van der Waals surface area contributed by atoms with Crippen molar-refractivity contribution in [2.75, 3.05) is 25.1 Å². The second-order valence-corrected chi connectivity index (χ2v) is 9.86. The molecule has 158 valence electrons. The van der Waals surface area contributed by atoms with Crippen LogP contribution in [0.5, 0.6) is 5.75 Å². The van der Waals surface area contributed by atoms with Crippen LogP contribution < -0.4 is 9.64 Å². The summed E-state index contributed by atoms with van der Waals surface area (Å²) in [5.74, 6) is 0.682. The summed E-state index contributed by atoms with van der Waals surface area (Å²) < 4.78 is 46.7. The Labute approximate surface area is 176 Å². The summed E-state index contributed by atoms with van der Waals surface area (Å²) in [4.78, 5) is 6.55. The van der Waals surface area contributed by atoms with Crippen LogP contribution in [0.4, 0.5) is 10.1 Å². The van der Waals surface area contributed by atoms with Gasteiger partial charge in [-0.25, -0.2) is 12.8 Å². The lowest BCUT2D eigenvalue weighted by molar-refractivity contribution is 0.415. The number of fused-ring (bicyclic) bond motifs is 1. The number of hydrogen-bond acceptors (Lipinski definition) is 5. The van der Waals surface area contributed by atoms with Gasteiger partial charge in [0, 0.05) is 24.7 Å². The van der Waals surface area contributed by atoms with E-state index in [0.29, 0.717) is 28.4 Å². The Kier molecular flexibility index (Phi) is 5.40. The summed E-state index contributed by atoms with van der Waals surface area (Å²) in [5, 5.41) is 0.720. The van der Waals surface area contributed by atoms with E-state index in [0.717, 1.165) is 37.4 Å². The maximum atomic E-state index is 14.2. The Hall–Kier alpha value is -2.67. The smallest absolute Gasteiger partial charge is 0.210 e. The molecule has 1 aliphatic heterocycles. The Morgan fingerprint density at radius 1 is 1.13 bits per heavy atom. The highest BCUT2D eigenvalue weighted by Gasteiger charge is 2.29. The van der Waals surface area contributed by atoms with Crippen LogP contribution in [0.25, 0.3) is 10.9 Å². The molecule has 1 saturated heterocycles. The molecule has 0 aliphatic carbocycles. The number of nitrogens with zero attached hydrogens (tertiary/aromatic N) is 2. The van der Waals surface area contributed by atoms with E-state index in [4.69, 9.17) is 4.74 Å². The molecule has 1 aromatic heterocycles. The van der Waals surface area contributed by atoms with Crippen LogP contribution in [0.1, 0.15) is 25.3 Å². The summed E-state index contributed by atoms with van der Waals surface area (Å²) in [5.41, 5.74) is 1.71. The van der Waals surface area contributed by atoms with E-state index in [9.17, 15) is 12.8 Å². The highest BCUT2D eigenvalue weighted by Crippen LogP contribution is 2.39. The fraction of sp³-hybridized carbons (Fsp3) is 0.348. The first-order valence-corrected chi connectivity index (χ1v) is 11.5. The molecule has 0 N–H and O–H groups in total. The number of aromatic nitrogens is 1. The van der Waals surface area contributed by atoms with Crippen molar-refractivity contribution in [1.29, 1.82) is 0 Å². The minimum atomic E-state index is -3.97. The summed E-state index contributed by atoms with van der Waals surface area (Å²) in [7, 11) is -2.39. The van der Waals surface area contributed by atoms with Gasteiger partial charge in [0.2, 0.25) is 9.84 Å². The molecule has 4 rings (SSSR count). The van der Waals surface area contributed by atoms with E-state index in [1.807, 2.05) is 12.1 Å². The van der Waals surface area contributed by atoms with Crippen molar-refractivity contribution < 1.29 is 17.5 Å². The molecule has 0 radical (unpaired) electrons. The zero-order valence-electron chi connectivity index (χ0n) is 17.4. The van der Waals surface area contributed by atoms with Crippen LogP contribution in [0, 0.1) is 18.7 Å². The van der Waals surface area contributed by atoms with E-state index in [-0.39, 0.29) is 9.79 Å². The third-order valence-electron chi connectivity index (χ3n) is 5.86. The molecular formula is C23H25FN2O3S. The Morgan fingerprint density at radius 2 is 1.87 bits per heavy atom. The second kappa shape index (κ2) is 7.87. The number of piperidine rings is 1. The fourth-order valence-corrected chi connectivity index (χ4v) is 5.33. The number of methoxy groups -OCH3 is 1. The lowest BCUT2D eigenvalue weighted by atomic mass is 9.98. The molecule has 7 heteroatoms. The molecule has 0 saturated carbocycles. The second-order valence-electron chi connectivity index (χ2n) is 7.94. The van der Waals surface area contributed by atoms with Gasteiger partial charge >= 0.3 is 0 Å². The van der Waals surface area contributed by atoms with Crippen molar-refractivity contribution in [3.8, 4) is 5.75 Å². The number of rotatable bonds is 4. The van der Waals surface area contributed by atoms with Crippen LogP contribution in [-0.2, 0) is 9.84 Å². The molecule has 0 unspecified atom stereocenters. The number of aryl methyl sites for hydroxylation is 1. The molecule has 30 heavy (non-hydrogen) atoms. The Balaban J connectivity index is 1.96. The number of halogens is 1. The van der Waals surface area contributed by atoms with Gasteiger partial charge in [-0.1, -0.05) is 13.0 Å². The summed E-state index contributed by atoms with van der Waals surface area (Å²) >= 11 is 0. The van der Waals surface area contributed by atoms with Gasteiger partial charge in [0.1, 0.15) is 16.5 Å². The number of anilines is 1. The predicted octanol–water partition coefficient (Wildman–Crippen LogP) is 4.76. The molecule has 3 aromatic rings. The highest BCUT2D eigenvalue weighted by molar-refractivity contribution is 7.91. The third kappa shape index (κ3) is 3.62. The molecule has 0 bridgehead atoms. The van der Waals surface area contributed by atoms with Crippen molar-refractivity contribution in [2.45, 2.75) is 36.5 Å². The van der Waals surface area contributed by atoms with Gasteiger partial charge in [-0.2, -0.15) is 0 Å². The van der Waals surface area contributed by atoms with Crippen molar-refractivity contribution in [3.05, 3.63) is 54.0 Å². The molecule has 5 nitrogen and oxygen atoms in total. The number of benzene rings is 2. The van der Waals surface area contributed by atoms with Crippen LogP contribution in [0.3, 0.4) is 0 Å². The zero-order valence-corrected chi connectivity index (χ0v) is 18.2. The average Bonchev–Trinajstić information content (AvgIpc) is 2.75. The molecule has 2 aromatic carbocycles. The monoisotopic (exact) mass is 428 g/mol. The molecule has 1 fully saturated rings. The summed E-state index contributed by atoms with van der Waals surface area (Å²) in [6.45, 7) is 5.32. The maximum Gasteiger partial charge on any atom is 0.210 e. The standard InChI is InChI=1S/C23H25FN2O3S/c1-15-8-10-26(11-9-15)23-19-12-17(29-3)5-7-21(19)25-14-22(23)30(27,28)18-6-4-16(2)20(24)13-18/h4-7,12-15H,8-11H2,1-3H3. The minimum absolute atomic E-state index is 0.0683. The first-order chi connectivity index (χ1) is 14.3. The topological polar surface area (TPSA) is 59.5 Å². The predicted molar refractivity (Wildman–Crippen MR) is 115 cm³/mol. The van der Waals surface area contributed by atoms with Crippen LogP contribution in [-0.4, -0.2) is 33.6 Å². The van der Waals surface area contributed by atoms with E-state index < -0.39 is 15.7 Å². The molecule has 0 atom stereocenters. The molecule has 0 amide bonds. The number of hydrogen-bond donors (Lipinski definition) is 0. The first-order valence-electron chi connectivity index (χ1n) is 10.0. The van der Waals surface area contributed by atoms with Gasteiger partial charge in [0.25, 0.3) is 0 Å². The van der Waals surface area contributed by atoms with E-state index in [2.05, 4.69) is 16.8 Å². The van der Waals surface area contributed by atoms with Gasteiger partial charge in [0.15, 0.2) is 0 Å². The molecular weight excluding hydrogens is 403 g/mol. The van der Waals surface area contributed by atoms with E-state index in [1.165, 1.54) is 18.3 Å². The lowest BCUT2D eigenvalue weighted by Gasteiger charge is -2.34. The number of ether oxygens (including phenoxy) is 1. The van der Waals surface area contributed by atoms with Crippen molar-refractivity contribution >= 4 is 26.4 Å². The average molecular weight is 429 g/mol. The fourth-order valence-electron chi connectivity index (χ4n) is 3.89. The highest BCUT2D eigenvalue weighted by atomic mass is 32.2. The summed E-state index contributed by atoms with van der Waals surface area (Å²) in [6, 6.07) is 9.48. The molecule has 0 spiro atoms. The Bertz CT molecular complexity index is 1200. The maximum absolute atomic E-state index is 14.2. The molecule has 2 heterocycles. The van der Waals surface area contributed by atoms with E-state index >= 15 is 0 Å². The number of pyridine rings is 1. The Morgan fingerprint density at radius 3 is 2.53 bits per heavy atom. The van der Waals surface area contributed by atoms with Gasteiger partial charge in [0.05, 0.1) is 23.2 Å². The summed E-state index contributed by atoms with van der Waals surface area (Å²) in [6.07, 6.45) is 3.36. The zero-order chi connectivity index (χ0) is 21.5. The number of sulfone groups is 1. The van der Waals surface area contributed by atoms with Gasteiger partial charge in [-0.15, -0.1) is 0 Å². The van der Waals surface area contributed by atoms with Crippen LogP contribution in [0.15, 0.2) is 52.4 Å². The van der Waals surface area contributed by atoms with Crippen molar-refractivity contribution in [1.82, 2.24) is 4.98 Å². The van der Waals surface area contributed by atoms with Gasteiger partial charge in [-0.05, 0) is 61.6 Å². The van der Waals surface area contributed by atoms with E-state index in [1.54, 1.807) is 20.1 Å². The normalized spacial score (nSPS) is 15.5. The van der Waals surface area contributed by atoms with Crippen LogP contribution >= 0.6 is 0 Å². The molecule has 1 aliphatic rings. The van der Waals surface area contributed by atoms with Crippen molar-refractivity contribution in [3.63, 3.8) is 0 Å².